The Morgan fingerprint density at radius 2 is 1.69 bits per heavy atom. The molecule has 0 atom stereocenters. The van der Waals surface area contributed by atoms with Gasteiger partial charge in [0.2, 0.25) is 11.8 Å². The van der Waals surface area contributed by atoms with E-state index in [-0.39, 0.29) is 11.8 Å². The lowest BCUT2D eigenvalue weighted by molar-refractivity contribution is -0.137. The zero-order valence-electron chi connectivity index (χ0n) is 16.5. The maximum Gasteiger partial charge on any atom is 0.225 e. The van der Waals surface area contributed by atoms with E-state index >= 15 is 0 Å². The van der Waals surface area contributed by atoms with E-state index in [0.29, 0.717) is 11.8 Å². The van der Waals surface area contributed by atoms with Crippen molar-refractivity contribution in [3.05, 3.63) is 29.3 Å². The Morgan fingerprint density at radius 3 is 2.31 bits per heavy atom. The highest BCUT2D eigenvalue weighted by atomic mass is 16.2. The Morgan fingerprint density at radius 1 is 1.04 bits per heavy atom. The quantitative estimate of drug-likeness (QED) is 0.812. The molecule has 4 nitrogen and oxygen atoms in total. The van der Waals surface area contributed by atoms with Gasteiger partial charge in [-0.25, -0.2) is 0 Å². The van der Waals surface area contributed by atoms with Crippen LogP contribution in [-0.2, 0) is 9.59 Å². The zero-order chi connectivity index (χ0) is 18.7. The summed E-state index contributed by atoms with van der Waals surface area (Å²) in [5.74, 6) is 1.20. The normalized spacial score (nSPS) is 19.4. The number of benzene rings is 1. The Kier molecular flexibility index (Phi) is 6.00. The fourth-order valence-corrected chi connectivity index (χ4v) is 4.45. The van der Waals surface area contributed by atoms with Gasteiger partial charge in [0.05, 0.1) is 0 Å². The van der Waals surface area contributed by atoms with Gasteiger partial charge in [-0.15, -0.1) is 0 Å². The summed E-state index contributed by atoms with van der Waals surface area (Å²) in [6, 6.07) is 6.47. The maximum atomic E-state index is 12.7. The van der Waals surface area contributed by atoms with Crippen LogP contribution >= 0.6 is 0 Å². The standard InChI is InChI=1S/C22H32N2O2/c1-16-9-10-20(15-21(16)23(3)17(2)25)18-11-13-24(14-12-18)22(26)19-7-5-4-6-8-19/h9-10,15,18-19H,4-8,11-14H2,1-3H3. The third-order valence-electron chi connectivity index (χ3n) is 6.30. The lowest BCUT2D eigenvalue weighted by Crippen LogP contribution is -2.41. The van der Waals surface area contributed by atoms with Crippen LogP contribution < -0.4 is 4.90 Å². The summed E-state index contributed by atoms with van der Waals surface area (Å²) in [4.78, 5) is 28.3. The highest BCUT2D eigenvalue weighted by molar-refractivity contribution is 5.91. The number of hydrogen-bond acceptors (Lipinski definition) is 2. The van der Waals surface area contributed by atoms with Crippen LogP contribution in [0.4, 0.5) is 5.69 Å². The molecule has 1 saturated heterocycles. The molecule has 1 aromatic carbocycles. The van der Waals surface area contributed by atoms with Crippen LogP contribution in [0.2, 0.25) is 0 Å². The number of aryl methyl sites for hydroxylation is 1. The van der Waals surface area contributed by atoms with Crippen molar-refractivity contribution in [3.8, 4) is 0 Å². The minimum absolute atomic E-state index is 0.0538. The van der Waals surface area contributed by atoms with E-state index in [9.17, 15) is 9.59 Å². The van der Waals surface area contributed by atoms with Gasteiger partial charge in [0.25, 0.3) is 0 Å². The molecule has 2 fully saturated rings. The summed E-state index contributed by atoms with van der Waals surface area (Å²) in [6.07, 6.45) is 7.91. The molecule has 1 heterocycles. The molecular formula is C22H32N2O2. The van der Waals surface area contributed by atoms with Gasteiger partial charge in [-0.1, -0.05) is 31.4 Å². The number of anilines is 1. The summed E-state index contributed by atoms with van der Waals surface area (Å²) in [5, 5.41) is 0. The molecule has 0 spiro atoms. The molecule has 2 aliphatic rings. The fraction of sp³-hybridized carbons (Fsp3) is 0.636. The first-order valence-corrected chi connectivity index (χ1v) is 10.1. The number of piperidine rings is 1. The van der Waals surface area contributed by atoms with E-state index in [1.807, 2.05) is 14.0 Å². The van der Waals surface area contributed by atoms with E-state index < -0.39 is 0 Å². The molecule has 1 aliphatic carbocycles. The van der Waals surface area contributed by atoms with Crippen LogP contribution in [0.15, 0.2) is 18.2 Å². The molecule has 0 N–H and O–H groups in total. The molecule has 1 saturated carbocycles. The number of likely N-dealkylation sites (tertiary alicyclic amines) is 1. The fourth-order valence-electron chi connectivity index (χ4n) is 4.45. The lowest BCUT2D eigenvalue weighted by atomic mass is 9.85. The summed E-state index contributed by atoms with van der Waals surface area (Å²) in [5.41, 5.74) is 3.41. The highest BCUT2D eigenvalue weighted by Gasteiger charge is 2.29. The Labute approximate surface area is 157 Å². The Bertz CT molecular complexity index is 656. The second kappa shape index (κ2) is 8.24. The minimum Gasteiger partial charge on any atom is -0.342 e. The van der Waals surface area contributed by atoms with Crippen LogP contribution in [-0.4, -0.2) is 36.9 Å². The second-order valence-electron chi connectivity index (χ2n) is 8.06. The summed E-state index contributed by atoms with van der Waals surface area (Å²) in [6.45, 7) is 5.38. The molecule has 2 amide bonds. The molecule has 0 aromatic heterocycles. The monoisotopic (exact) mass is 356 g/mol. The van der Waals surface area contributed by atoms with Gasteiger partial charge in [0.1, 0.15) is 0 Å². The highest BCUT2D eigenvalue weighted by Crippen LogP contribution is 2.33. The van der Waals surface area contributed by atoms with E-state index in [0.717, 1.165) is 50.0 Å². The molecule has 0 radical (unpaired) electrons. The number of rotatable bonds is 3. The number of amides is 2. The van der Waals surface area contributed by atoms with E-state index in [1.54, 1.807) is 11.8 Å². The van der Waals surface area contributed by atoms with Crippen LogP contribution in [0.1, 0.15) is 68.9 Å². The average molecular weight is 357 g/mol. The van der Waals surface area contributed by atoms with Gasteiger partial charge < -0.3 is 9.80 Å². The topological polar surface area (TPSA) is 40.6 Å². The van der Waals surface area contributed by atoms with E-state index in [2.05, 4.69) is 23.1 Å². The Balaban J connectivity index is 1.63. The second-order valence-corrected chi connectivity index (χ2v) is 8.06. The molecule has 142 valence electrons. The number of nitrogens with zero attached hydrogens (tertiary/aromatic N) is 2. The molecule has 0 unspecified atom stereocenters. The van der Waals surface area contributed by atoms with Crippen LogP contribution in [0, 0.1) is 12.8 Å². The predicted octanol–water partition coefficient (Wildman–Crippen LogP) is 4.26. The third kappa shape index (κ3) is 4.11. The van der Waals surface area contributed by atoms with Crippen LogP contribution in [0.25, 0.3) is 0 Å². The Hall–Kier alpha value is -1.84. The van der Waals surface area contributed by atoms with Crippen LogP contribution in [0.5, 0.6) is 0 Å². The SMILES string of the molecule is CC(=O)N(C)c1cc(C2CCN(C(=O)C3CCCCC3)CC2)ccc1C. The predicted molar refractivity (Wildman–Crippen MR) is 105 cm³/mol. The minimum atomic E-state index is 0.0538. The number of carbonyl (C=O) groups excluding carboxylic acids is 2. The first-order chi connectivity index (χ1) is 12.5. The summed E-state index contributed by atoms with van der Waals surface area (Å²) >= 11 is 0. The average Bonchev–Trinajstić information content (AvgIpc) is 2.68. The molecule has 3 rings (SSSR count). The van der Waals surface area contributed by atoms with E-state index in [1.165, 1.54) is 24.8 Å². The van der Waals surface area contributed by atoms with Gasteiger partial charge in [-0.3, -0.25) is 9.59 Å². The zero-order valence-corrected chi connectivity index (χ0v) is 16.5. The van der Waals surface area contributed by atoms with Crippen molar-refractivity contribution in [3.63, 3.8) is 0 Å². The van der Waals surface area contributed by atoms with Crippen molar-refractivity contribution >= 4 is 17.5 Å². The third-order valence-corrected chi connectivity index (χ3v) is 6.30. The van der Waals surface area contributed by atoms with Gasteiger partial charge >= 0.3 is 0 Å². The molecular weight excluding hydrogens is 324 g/mol. The largest absolute Gasteiger partial charge is 0.342 e. The van der Waals surface area contributed by atoms with Crippen molar-refractivity contribution in [2.75, 3.05) is 25.0 Å². The molecule has 4 heteroatoms. The molecule has 1 aliphatic heterocycles. The summed E-state index contributed by atoms with van der Waals surface area (Å²) < 4.78 is 0. The number of hydrogen-bond donors (Lipinski definition) is 0. The van der Waals surface area contributed by atoms with Crippen molar-refractivity contribution in [2.24, 2.45) is 5.92 Å². The van der Waals surface area contributed by atoms with Gasteiger partial charge in [0.15, 0.2) is 0 Å². The lowest BCUT2D eigenvalue weighted by Gasteiger charge is -2.35. The van der Waals surface area contributed by atoms with Crippen molar-refractivity contribution in [1.29, 1.82) is 0 Å². The first-order valence-electron chi connectivity index (χ1n) is 10.1. The smallest absolute Gasteiger partial charge is 0.225 e. The van der Waals surface area contributed by atoms with E-state index in [4.69, 9.17) is 0 Å². The van der Waals surface area contributed by atoms with Gasteiger partial charge in [-0.2, -0.15) is 0 Å². The van der Waals surface area contributed by atoms with Gasteiger partial charge in [0, 0.05) is 38.7 Å². The van der Waals surface area contributed by atoms with Crippen molar-refractivity contribution < 1.29 is 9.59 Å². The van der Waals surface area contributed by atoms with Crippen LogP contribution in [0.3, 0.4) is 0 Å². The van der Waals surface area contributed by atoms with Gasteiger partial charge in [-0.05, 0) is 55.7 Å². The number of carbonyl (C=O) groups is 2. The van der Waals surface area contributed by atoms with Crippen molar-refractivity contribution in [1.82, 2.24) is 4.90 Å². The molecule has 1 aromatic rings. The molecule has 0 bridgehead atoms. The summed E-state index contributed by atoms with van der Waals surface area (Å²) in [7, 11) is 1.83. The molecule has 26 heavy (non-hydrogen) atoms. The first kappa shape index (κ1) is 18.9. The van der Waals surface area contributed by atoms with Crippen molar-refractivity contribution in [2.45, 2.75) is 64.7 Å². The maximum absolute atomic E-state index is 12.7.